The minimum Gasteiger partial charge on any atom is -0.469 e. The molecule has 0 unspecified atom stereocenters. The van der Waals surface area contributed by atoms with Gasteiger partial charge in [-0.2, -0.15) is 0 Å². The van der Waals surface area contributed by atoms with Gasteiger partial charge in [0, 0.05) is 51.2 Å². The molecule has 0 aliphatic heterocycles. The van der Waals surface area contributed by atoms with Crippen molar-refractivity contribution in [2.45, 2.75) is 13.1 Å². The molecule has 0 aliphatic rings. The first-order valence-corrected chi connectivity index (χ1v) is 5.83. The zero-order chi connectivity index (χ0) is 16.2. The largest absolute Gasteiger partial charge is 0.469 e. The molecule has 0 aliphatic carbocycles. The molecule has 0 amide bonds. The summed E-state index contributed by atoms with van der Waals surface area (Å²) in [5, 5.41) is 6.46. The summed E-state index contributed by atoms with van der Waals surface area (Å²) in [6.07, 6.45) is 2.54. The first-order chi connectivity index (χ1) is 10.7. The van der Waals surface area contributed by atoms with Crippen molar-refractivity contribution in [3.8, 4) is 0 Å². The predicted octanol–water partition coefficient (Wildman–Crippen LogP) is 2.90. The molecule has 0 saturated carbocycles. The smallest absolute Gasteiger partial charge is 0.185 e. The molecule has 0 spiro atoms. The Morgan fingerprint density at radius 3 is 1.57 bits per heavy atom. The fraction of sp³-hybridized carbons (Fsp3) is 0.167. The van der Waals surface area contributed by atoms with E-state index in [4.69, 9.17) is 19.9 Å². The van der Waals surface area contributed by atoms with Crippen LogP contribution in [0.25, 0.3) is 20.9 Å². The van der Waals surface area contributed by atoms with Crippen LogP contribution >= 0.6 is 0 Å². The normalized spacial score (nSPS) is 8.35. The number of hydrogen-bond donors (Lipinski definition) is 0. The molecular weight excluding hydrogens is 356 g/mol. The zero-order valence-corrected chi connectivity index (χ0v) is 12.4. The van der Waals surface area contributed by atoms with Gasteiger partial charge in [0.05, 0.1) is 25.6 Å². The van der Waals surface area contributed by atoms with E-state index in [2.05, 4.69) is 20.1 Å². The molecule has 123 valence electrons. The second-order valence-corrected chi connectivity index (χ2v) is 3.65. The van der Waals surface area contributed by atoms with Crippen molar-refractivity contribution in [3.63, 3.8) is 0 Å². The molecular formula is C12H10CuN6O4. The third kappa shape index (κ3) is 8.82. The molecule has 2 heterocycles. The molecule has 2 aromatic heterocycles. The van der Waals surface area contributed by atoms with E-state index in [-0.39, 0.29) is 41.0 Å². The predicted molar refractivity (Wildman–Crippen MR) is 75.7 cm³/mol. The first-order valence-electron chi connectivity index (χ1n) is 5.83. The number of rotatable bonds is 4. The van der Waals surface area contributed by atoms with Crippen LogP contribution in [-0.4, -0.2) is 0 Å². The molecule has 0 fully saturated rings. The van der Waals surface area contributed by atoms with Crippen molar-refractivity contribution in [2.24, 2.45) is 10.2 Å². The third-order valence-electron chi connectivity index (χ3n) is 2.09. The van der Waals surface area contributed by atoms with Crippen LogP contribution in [0.4, 0.5) is 0 Å². The summed E-state index contributed by atoms with van der Waals surface area (Å²) in [6, 6.07) is 5.16. The molecule has 0 bridgehead atoms. The summed E-state index contributed by atoms with van der Waals surface area (Å²) in [7, 11) is 0. The maximum Gasteiger partial charge on any atom is 0.185 e. The van der Waals surface area contributed by atoms with Gasteiger partial charge in [-0.05, 0) is 11.1 Å². The summed E-state index contributed by atoms with van der Waals surface area (Å²) in [5.74, 6) is 0.741. The number of hydrogen-bond acceptors (Lipinski definition) is 6. The van der Waals surface area contributed by atoms with Crippen LogP contribution in [0.5, 0.6) is 0 Å². The van der Waals surface area contributed by atoms with Crippen molar-refractivity contribution < 1.29 is 25.9 Å². The van der Waals surface area contributed by atoms with Gasteiger partial charge in [-0.15, -0.1) is 0 Å². The molecule has 0 aromatic carbocycles. The fourth-order valence-electron chi connectivity index (χ4n) is 1.23. The summed E-state index contributed by atoms with van der Waals surface area (Å²) in [6.45, 7) is 0.152. The van der Waals surface area contributed by atoms with E-state index in [1.165, 1.54) is 36.8 Å². The number of azide groups is 2. The average Bonchev–Trinajstić information content (AvgIpc) is 2.52. The van der Waals surface area contributed by atoms with Crippen LogP contribution in [0.1, 0.15) is 11.5 Å². The van der Waals surface area contributed by atoms with E-state index in [0.717, 1.165) is 0 Å². The average molecular weight is 366 g/mol. The van der Waals surface area contributed by atoms with Crippen LogP contribution in [-0.2, 0) is 30.2 Å². The molecule has 0 atom stereocenters. The minimum absolute atomic E-state index is 0. The molecule has 0 saturated heterocycles. The van der Waals surface area contributed by atoms with Crippen molar-refractivity contribution in [1.82, 2.24) is 0 Å². The van der Waals surface area contributed by atoms with E-state index in [1.807, 2.05) is 0 Å². The van der Waals surface area contributed by atoms with Gasteiger partial charge in [0.2, 0.25) is 0 Å². The third-order valence-corrected chi connectivity index (χ3v) is 2.09. The maximum atomic E-state index is 10.7. The standard InChI is InChI=1S/2C6H5N3O2.Cu/c2*7-9-8-4-6-3-5(10)1-2-11-6;/h2*1-3H,4H2;. The van der Waals surface area contributed by atoms with Gasteiger partial charge >= 0.3 is 0 Å². The van der Waals surface area contributed by atoms with E-state index in [0.29, 0.717) is 11.5 Å². The monoisotopic (exact) mass is 365 g/mol. The topological polar surface area (TPSA) is 158 Å². The molecule has 2 rings (SSSR count). The van der Waals surface area contributed by atoms with Gasteiger partial charge in [0.15, 0.2) is 10.9 Å². The molecule has 2 aromatic rings. The second-order valence-electron chi connectivity index (χ2n) is 3.65. The van der Waals surface area contributed by atoms with Crippen molar-refractivity contribution in [3.05, 3.63) is 89.6 Å². The van der Waals surface area contributed by atoms with Crippen LogP contribution in [0.3, 0.4) is 0 Å². The SMILES string of the molecule is [Cu].[N-]=[N+]=NCc1cc(=O)cco1.[N-]=[N+]=NCc1cc(=O)cco1. The van der Waals surface area contributed by atoms with Crippen molar-refractivity contribution in [2.75, 3.05) is 0 Å². The van der Waals surface area contributed by atoms with Gasteiger partial charge in [-0.3, -0.25) is 9.59 Å². The van der Waals surface area contributed by atoms with Gasteiger partial charge in [-0.25, -0.2) is 0 Å². The summed E-state index contributed by atoms with van der Waals surface area (Å²) < 4.78 is 9.69. The summed E-state index contributed by atoms with van der Waals surface area (Å²) >= 11 is 0. The minimum atomic E-state index is -0.153. The van der Waals surface area contributed by atoms with Crippen LogP contribution in [0.15, 0.2) is 65.4 Å². The Balaban J connectivity index is 0.000000403. The van der Waals surface area contributed by atoms with Gasteiger partial charge in [0.25, 0.3) is 0 Å². The van der Waals surface area contributed by atoms with Gasteiger partial charge < -0.3 is 8.83 Å². The van der Waals surface area contributed by atoms with Crippen LogP contribution in [0, 0.1) is 0 Å². The van der Waals surface area contributed by atoms with Crippen LogP contribution in [0.2, 0.25) is 0 Å². The number of nitrogens with zero attached hydrogens (tertiary/aromatic N) is 6. The maximum absolute atomic E-state index is 10.7. The Morgan fingerprint density at radius 2 is 1.26 bits per heavy atom. The molecule has 23 heavy (non-hydrogen) atoms. The first kappa shape index (κ1) is 20.0. The summed E-state index contributed by atoms with van der Waals surface area (Å²) in [4.78, 5) is 26.4. The second kappa shape index (κ2) is 11.7. The Kier molecular flexibility index (Phi) is 10.2. The quantitative estimate of drug-likeness (QED) is 0.353. The molecule has 11 heteroatoms. The Morgan fingerprint density at radius 1 is 0.870 bits per heavy atom. The van der Waals surface area contributed by atoms with E-state index >= 15 is 0 Å². The van der Waals surface area contributed by atoms with E-state index < -0.39 is 0 Å². The fourth-order valence-corrected chi connectivity index (χ4v) is 1.23. The van der Waals surface area contributed by atoms with Crippen molar-refractivity contribution in [1.29, 1.82) is 0 Å². The Labute approximate surface area is 139 Å². The van der Waals surface area contributed by atoms with E-state index in [9.17, 15) is 9.59 Å². The molecule has 0 N–H and O–H groups in total. The zero-order valence-electron chi connectivity index (χ0n) is 11.5. The van der Waals surface area contributed by atoms with Crippen LogP contribution < -0.4 is 10.9 Å². The Hall–Kier alpha value is -2.96. The molecule has 10 nitrogen and oxygen atoms in total. The van der Waals surface area contributed by atoms with Crippen molar-refractivity contribution >= 4 is 0 Å². The molecule has 1 radical (unpaired) electrons. The van der Waals surface area contributed by atoms with Gasteiger partial charge in [-0.1, -0.05) is 10.2 Å². The summed E-state index contributed by atoms with van der Waals surface area (Å²) in [5.41, 5.74) is 15.6. The van der Waals surface area contributed by atoms with Gasteiger partial charge in [0.1, 0.15) is 11.5 Å². The Bertz CT molecular complexity index is 751. The van der Waals surface area contributed by atoms with E-state index in [1.54, 1.807) is 0 Å².